The third-order valence-corrected chi connectivity index (χ3v) is 3.39. The van der Waals surface area contributed by atoms with Crippen molar-refractivity contribution in [1.29, 1.82) is 0 Å². The summed E-state index contributed by atoms with van der Waals surface area (Å²) in [6, 6.07) is 6.60. The van der Waals surface area contributed by atoms with E-state index >= 15 is 0 Å². The van der Waals surface area contributed by atoms with Crippen molar-refractivity contribution < 1.29 is 9.53 Å². The highest BCUT2D eigenvalue weighted by molar-refractivity contribution is 5.77. The Morgan fingerprint density at radius 3 is 2.95 bits per heavy atom. The average Bonchev–Trinajstić information content (AvgIpc) is 2.80. The minimum Gasteiger partial charge on any atom is -0.484 e. The maximum absolute atomic E-state index is 11.3. The lowest BCUT2D eigenvalue weighted by Crippen LogP contribution is -2.28. The second-order valence-electron chi connectivity index (χ2n) is 4.75. The van der Waals surface area contributed by atoms with Crippen molar-refractivity contribution in [3.63, 3.8) is 0 Å². The standard InChI is InChI=1S/C15H22N2O2/c1-3-16-14-8-5-11-9-12(6-7-13(11)14)19-10-15(18)17-4-2/h6-7,9,14,16H,3-5,8,10H2,1-2H3,(H,17,18). The molecule has 1 aliphatic rings. The molecule has 0 bridgehead atoms. The minimum absolute atomic E-state index is 0.0754. The molecule has 0 fully saturated rings. The van der Waals surface area contributed by atoms with E-state index in [1.54, 1.807) is 0 Å². The van der Waals surface area contributed by atoms with Gasteiger partial charge in [0.25, 0.3) is 5.91 Å². The smallest absolute Gasteiger partial charge is 0.257 e. The fourth-order valence-corrected chi connectivity index (χ4v) is 2.54. The highest BCUT2D eigenvalue weighted by Crippen LogP contribution is 2.33. The summed E-state index contributed by atoms with van der Waals surface area (Å²) in [5.41, 5.74) is 2.70. The molecule has 2 rings (SSSR count). The van der Waals surface area contributed by atoms with Crippen molar-refractivity contribution >= 4 is 5.91 Å². The number of carbonyl (C=O) groups is 1. The molecule has 4 nitrogen and oxygen atoms in total. The summed E-state index contributed by atoms with van der Waals surface area (Å²) < 4.78 is 5.51. The number of carbonyl (C=O) groups excluding carboxylic acids is 1. The van der Waals surface area contributed by atoms with E-state index in [-0.39, 0.29) is 12.5 Å². The summed E-state index contributed by atoms with van der Waals surface area (Å²) in [4.78, 5) is 11.3. The summed E-state index contributed by atoms with van der Waals surface area (Å²) in [7, 11) is 0. The number of ether oxygens (including phenoxy) is 1. The Balaban J connectivity index is 1.96. The third kappa shape index (κ3) is 3.47. The second kappa shape index (κ2) is 6.57. The molecule has 104 valence electrons. The Bertz CT molecular complexity index is 446. The van der Waals surface area contributed by atoms with E-state index in [1.807, 2.05) is 13.0 Å². The van der Waals surface area contributed by atoms with E-state index in [1.165, 1.54) is 11.1 Å². The van der Waals surface area contributed by atoms with Crippen molar-refractivity contribution in [3.8, 4) is 5.75 Å². The Hall–Kier alpha value is -1.55. The Labute approximate surface area is 114 Å². The van der Waals surface area contributed by atoms with Crippen LogP contribution >= 0.6 is 0 Å². The van der Waals surface area contributed by atoms with Gasteiger partial charge in [0.2, 0.25) is 0 Å². The van der Waals surface area contributed by atoms with E-state index in [9.17, 15) is 4.79 Å². The third-order valence-electron chi connectivity index (χ3n) is 3.39. The van der Waals surface area contributed by atoms with Gasteiger partial charge in [-0.25, -0.2) is 0 Å². The zero-order chi connectivity index (χ0) is 13.7. The van der Waals surface area contributed by atoms with Crippen LogP contribution in [-0.4, -0.2) is 25.6 Å². The van der Waals surface area contributed by atoms with Crippen molar-refractivity contribution in [2.45, 2.75) is 32.7 Å². The molecule has 0 aliphatic heterocycles. The summed E-state index contributed by atoms with van der Waals surface area (Å²) in [6.45, 7) is 5.73. The Morgan fingerprint density at radius 1 is 1.37 bits per heavy atom. The van der Waals surface area contributed by atoms with E-state index < -0.39 is 0 Å². The van der Waals surface area contributed by atoms with E-state index in [2.05, 4.69) is 29.7 Å². The highest BCUT2D eigenvalue weighted by Gasteiger charge is 2.21. The number of aryl methyl sites for hydroxylation is 1. The van der Waals surface area contributed by atoms with Crippen LogP contribution in [0.15, 0.2) is 18.2 Å². The van der Waals surface area contributed by atoms with Crippen LogP contribution in [0.1, 0.15) is 37.4 Å². The van der Waals surface area contributed by atoms with Crippen LogP contribution in [0.3, 0.4) is 0 Å². The topological polar surface area (TPSA) is 50.4 Å². The lowest BCUT2D eigenvalue weighted by molar-refractivity contribution is -0.122. The highest BCUT2D eigenvalue weighted by atomic mass is 16.5. The van der Waals surface area contributed by atoms with E-state index in [0.29, 0.717) is 12.6 Å². The molecule has 1 atom stereocenters. The lowest BCUT2D eigenvalue weighted by Gasteiger charge is -2.13. The molecule has 1 aromatic rings. The van der Waals surface area contributed by atoms with Crippen LogP contribution in [0.25, 0.3) is 0 Å². The van der Waals surface area contributed by atoms with Crippen LogP contribution in [0.2, 0.25) is 0 Å². The average molecular weight is 262 g/mol. The number of amides is 1. The number of nitrogens with one attached hydrogen (secondary N) is 2. The summed E-state index contributed by atoms with van der Waals surface area (Å²) in [5.74, 6) is 0.704. The number of hydrogen-bond acceptors (Lipinski definition) is 3. The molecule has 1 amide bonds. The van der Waals surface area contributed by atoms with Gasteiger partial charge in [-0.15, -0.1) is 0 Å². The van der Waals surface area contributed by atoms with E-state index in [0.717, 1.165) is 25.1 Å². The molecule has 1 aromatic carbocycles. The SMILES string of the molecule is CCNC(=O)COc1ccc2c(c1)CCC2NCC. The largest absolute Gasteiger partial charge is 0.484 e. The van der Waals surface area contributed by atoms with Crippen LogP contribution in [0, 0.1) is 0 Å². The first kappa shape index (κ1) is 13.9. The van der Waals surface area contributed by atoms with Crippen LogP contribution in [0.5, 0.6) is 5.75 Å². The maximum atomic E-state index is 11.3. The molecule has 0 heterocycles. The maximum Gasteiger partial charge on any atom is 0.257 e. The van der Waals surface area contributed by atoms with Gasteiger partial charge in [0.05, 0.1) is 0 Å². The fraction of sp³-hybridized carbons (Fsp3) is 0.533. The van der Waals surface area contributed by atoms with Gasteiger partial charge >= 0.3 is 0 Å². The number of likely N-dealkylation sites (N-methyl/N-ethyl adjacent to an activating group) is 1. The van der Waals surface area contributed by atoms with Crippen LogP contribution in [0.4, 0.5) is 0 Å². The molecule has 0 saturated heterocycles. The van der Waals surface area contributed by atoms with Gasteiger partial charge < -0.3 is 15.4 Å². The minimum atomic E-state index is -0.0754. The summed E-state index contributed by atoms with van der Waals surface area (Å²) >= 11 is 0. The molecule has 19 heavy (non-hydrogen) atoms. The Kier molecular flexibility index (Phi) is 4.80. The molecule has 2 N–H and O–H groups in total. The first-order chi connectivity index (χ1) is 9.24. The fourth-order valence-electron chi connectivity index (χ4n) is 2.54. The molecular weight excluding hydrogens is 240 g/mol. The van der Waals surface area contributed by atoms with Crippen LogP contribution in [-0.2, 0) is 11.2 Å². The molecular formula is C15H22N2O2. The van der Waals surface area contributed by atoms with Crippen molar-refractivity contribution in [2.24, 2.45) is 0 Å². The number of fused-ring (bicyclic) bond motifs is 1. The lowest BCUT2D eigenvalue weighted by atomic mass is 10.1. The van der Waals surface area contributed by atoms with Gasteiger partial charge in [0.1, 0.15) is 5.75 Å². The van der Waals surface area contributed by atoms with Crippen molar-refractivity contribution in [2.75, 3.05) is 19.7 Å². The first-order valence-electron chi connectivity index (χ1n) is 7.00. The number of rotatable bonds is 6. The normalized spacial score (nSPS) is 17.1. The molecule has 0 spiro atoms. The predicted molar refractivity (Wildman–Crippen MR) is 75.4 cm³/mol. The number of benzene rings is 1. The zero-order valence-electron chi connectivity index (χ0n) is 11.7. The molecule has 1 aliphatic carbocycles. The van der Waals surface area contributed by atoms with Gasteiger partial charge in [-0.05, 0) is 49.6 Å². The van der Waals surface area contributed by atoms with Crippen molar-refractivity contribution in [1.82, 2.24) is 10.6 Å². The zero-order valence-corrected chi connectivity index (χ0v) is 11.7. The van der Waals surface area contributed by atoms with Crippen molar-refractivity contribution in [3.05, 3.63) is 29.3 Å². The molecule has 0 aromatic heterocycles. The summed E-state index contributed by atoms with van der Waals surface area (Å²) in [6.07, 6.45) is 2.22. The van der Waals surface area contributed by atoms with Gasteiger partial charge in [0, 0.05) is 12.6 Å². The van der Waals surface area contributed by atoms with Gasteiger partial charge in [-0.3, -0.25) is 4.79 Å². The second-order valence-corrected chi connectivity index (χ2v) is 4.75. The predicted octanol–water partition coefficient (Wildman–Crippen LogP) is 1.80. The first-order valence-corrected chi connectivity index (χ1v) is 7.00. The van der Waals surface area contributed by atoms with Gasteiger partial charge in [-0.1, -0.05) is 13.0 Å². The Morgan fingerprint density at radius 2 is 2.21 bits per heavy atom. The summed E-state index contributed by atoms with van der Waals surface area (Å²) in [5, 5.41) is 6.20. The van der Waals surface area contributed by atoms with E-state index in [4.69, 9.17) is 4.74 Å². The molecule has 4 heteroatoms. The van der Waals surface area contributed by atoms with Gasteiger partial charge in [0.15, 0.2) is 6.61 Å². The molecule has 0 radical (unpaired) electrons. The molecule has 1 unspecified atom stereocenters. The molecule has 0 saturated carbocycles. The quantitative estimate of drug-likeness (QED) is 0.822. The number of hydrogen-bond donors (Lipinski definition) is 2. The monoisotopic (exact) mass is 262 g/mol. The van der Waals surface area contributed by atoms with Gasteiger partial charge in [-0.2, -0.15) is 0 Å². The van der Waals surface area contributed by atoms with Crippen LogP contribution < -0.4 is 15.4 Å².